The normalized spacial score (nSPS) is 12.2. The van der Waals surface area contributed by atoms with Crippen LogP contribution in [0.1, 0.15) is 0 Å². The molecule has 0 saturated heterocycles. The van der Waals surface area contributed by atoms with Crippen LogP contribution in [0, 0.1) is 5.82 Å². The third kappa shape index (κ3) is 4.87. The van der Waals surface area contributed by atoms with Gasteiger partial charge >= 0.3 is 0 Å². The van der Waals surface area contributed by atoms with Crippen molar-refractivity contribution in [3.05, 3.63) is 51.2 Å². The minimum Gasteiger partial charge on any atom is -0.489 e. The number of halogens is 4. The topological polar surface area (TPSA) is 81.3 Å². The van der Waals surface area contributed by atoms with Crippen molar-refractivity contribution in [3.63, 3.8) is 0 Å². The van der Waals surface area contributed by atoms with Crippen LogP contribution in [0.5, 0.6) is 5.75 Å². The van der Waals surface area contributed by atoms with E-state index in [1.165, 1.54) is 23.5 Å². The average Bonchev–Trinajstić information content (AvgIpc) is 3.10. The summed E-state index contributed by atoms with van der Waals surface area (Å²) in [6.45, 7) is -0.309. The largest absolute Gasteiger partial charge is 0.489 e. The molecule has 3 N–H and O–H groups in total. The highest BCUT2D eigenvalue weighted by atomic mass is 35.5. The van der Waals surface area contributed by atoms with Crippen LogP contribution in [0.3, 0.4) is 0 Å². The fraction of sp³-hybridized carbons (Fsp3) is 0.176. The number of hydrogen-bond donors (Lipinski definition) is 2. The highest BCUT2D eigenvalue weighted by Crippen LogP contribution is 2.38. The van der Waals surface area contributed by atoms with Crippen molar-refractivity contribution >= 4 is 46.1 Å². The number of aromatic nitrogens is 2. The molecule has 0 bridgehead atoms. The molecule has 0 aliphatic carbocycles. The minimum absolute atomic E-state index is 0.0401. The predicted molar refractivity (Wildman–Crippen MR) is 106 cm³/mol. The molecule has 1 aromatic heterocycles. The molecule has 0 aliphatic heterocycles. The van der Waals surface area contributed by atoms with Gasteiger partial charge in [-0.25, -0.2) is 4.39 Å². The first-order chi connectivity index (χ1) is 12.9. The zero-order valence-electron chi connectivity index (χ0n) is 13.6. The number of nitrogens with zero attached hydrogens (tertiary/aromatic N) is 2. The highest BCUT2D eigenvalue weighted by molar-refractivity contribution is 7.18. The van der Waals surface area contributed by atoms with Gasteiger partial charge in [-0.2, -0.15) is 0 Å². The van der Waals surface area contributed by atoms with E-state index in [-0.39, 0.29) is 24.0 Å². The van der Waals surface area contributed by atoms with Gasteiger partial charge in [0.2, 0.25) is 0 Å². The lowest BCUT2D eigenvalue weighted by Crippen LogP contribution is -2.31. The second kappa shape index (κ2) is 8.68. The summed E-state index contributed by atoms with van der Waals surface area (Å²) in [6.07, 6.45) is 0. The molecule has 3 rings (SSSR count). The van der Waals surface area contributed by atoms with E-state index in [4.69, 9.17) is 50.4 Å². The summed E-state index contributed by atoms with van der Waals surface area (Å²) in [6, 6.07) is 6.98. The van der Waals surface area contributed by atoms with E-state index < -0.39 is 11.9 Å². The standard InChI is InChI=1S/C17H13Cl3FN3O2S/c18-9-1-8(2-10(19)3-9)16-23-24-17(27-16)12-4-14(21)15(5-13(12)20)26-7-11(22)6-25/h1-5,11,25H,6-7,22H2. The molecular formula is C17H13Cl3FN3O2S. The minimum atomic E-state index is -0.623. The van der Waals surface area contributed by atoms with Gasteiger partial charge in [-0.05, 0) is 24.3 Å². The second-order valence-electron chi connectivity index (χ2n) is 5.59. The average molecular weight is 449 g/mol. The number of hydrogen-bond acceptors (Lipinski definition) is 6. The van der Waals surface area contributed by atoms with Crippen LogP contribution < -0.4 is 10.5 Å². The summed E-state index contributed by atoms with van der Waals surface area (Å²) < 4.78 is 19.6. The first kappa shape index (κ1) is 20.3. The van der Waals surface area contributed by atoms with Crippen LogP contribution >= 0.6 is 46.1 Å². The first-order valence-electron chi connectivity index (χ1n) is 7.66. The van der Waals surface area contributed by atoms with Gasteiger partial charge in [0.1, 0.15) is 16.6 Å². The summed E-state index contributed by atoms with van der Waals surface area (Å²) in [5.41, 5.74) is 6.62. The van der Waals surface area contributed by atoms with Gasteiger partial charge in [-0.3, -0.25) is 0 Å². The maximum atomic E-state index is 14.3. The zero-order chi connectivity index (χ0) is 19.6. The zero-order valence-corrected chi connectivity index (χ0v) is 16.7. The van der Waals surface area contributed by atoms with Crippen molar-refractivity contribution in [2.45, 2.75) is 6.04 Å². The molecule has 0 amide bonds. The maximum absolute atomic E-state index is 14.3. The van der Waals surface area contributed by atoms with Crippen molar-refractivity contribution < 1.29 is 14.2 Å². The molecule has 1 atom stereocenters. The molecule has 1 unspecified atom stereocenters. The fourth-order valence-electron chi connectivity index (χ4n) is 2.18. The smallest absolute Gasteiger partial charge is 0.165 e. The lowest BCUT2D eigenvalue weighted by atomic mass is 10.2. The van der Waals surface area contributed by atoms with Crippen molar-refractivity contribution in [3.8, 4) is 26.9 Å². The van der Waals surface area contributed by atoms with E-state index in [9.17, 15) is 4.39 Å². The number of rotatable bonds is 6. The molecule has 5 nitrogen and oxygen atoms in total. The van der Waals surface area contributed by atoms with Gasteiger partial charge in [-0.15, -0.1) is 10.2 Å². The Balaban J connectivity index is 1.89. The molecule has 1 heterocycles. The Kier molecular flexibility index (Phi) is 6.52. The number of ether oxygens (including phenoxy) is 1. The molecule has 3 aromatic rings. The fourth-order valence-corrected chi connectivity index (χ4v) is 3.86. The van der Waals surface area contributed by atoms with Crippen LogP contribution in [-0.2, 0) is 0 Å². The Morgan fingerprint density at radius 3 is 2.41 bits per heavy atom. The number of nitrogens with two attached hydrogens (primary N) is 1. The number of aliphatic hydroxyl groups excluding tert-OH is 1. The molecule has 0 spiro atoms. The third-order valence-corrected chi connectivity index (χ3v) is 5.23. The third-order valence-electron chi connectivity index (χ3n) is 3.47. The summed E-state index contributed by atoms with van der Waals surface area (Å²) in [7, 11) is 0. The van der Waals surface area contributed by atoms with Crippen LogP contribution in [0.15, 0.2) is 30.3 Å². The molecule has 0 aliphatic rings. The van der Waals surface area contributed by atoms with E-state index in [1.54, 1.807) is 18.2 Å². The Morgan fingerprint density at radius 1 is 1.07 bits per heavy atom. The van der Waals surface area contributed by atoms with Crippen molar-refractivity contribution in [2.75, 3.05) is 13.2 Å². The van der Waals surface area contributed by atoms with Gasteiger partial charge in [0.05, 0.1) is 17.7 Å². The molecule has 142 valence electrons. The predicted octanol–water partition coefficient (Wildman–Crippen LogP) is 4.67. The van der Waals surface area contributed by atoms with Crippen molar-refractivity contribution in [1.82, 2.24) is 10.2 Å². The Morgan fingerprint density at radius 2 is 1.74 bits per heavy atom. The number of benzene rings is 2. The van der Waals surface area contributed by atoms with E-state index >= 15 is 0 Å². The molecule has 27 heavy (non-hydrogen) atoms. The van der Waals surface area contributed by atoms with E-state index in [0.717, 1.165) is 0 Å². The summed E-state index contributed by atoms with van der Waals surface area (Å²) in [4.78, 5) is 0. The molecule has 2 aromatic carbocycles. The van der Waals surface area contributed by atoms with E-state index in [2.05, 4.69) is 10.2 Å². The van der Waals surface area contributed by atoms with Crippen molar-refractivity contribution in [1.29, 1.82) is 0 Å². The Bertz CT molecular complexity index is 950. The summed E-state index contributed by atoms with van der Waals surface area (Å²) >= 11 is 19.5. The quantitative estimate of drug-likeness (QED) is 0.573. The molecular weight excluding hydrogens is 436 g/mol. The lowest BCUT2D eigenvalue weighted by Gasteiger charge is -2.12. The monoisotopic (exact) mass is 447 g/mol. The van der Waals surface area contributed by atoms with Gasteiger partial charge < -0.3 is 15.6 Å². The maximum Gasteiger partial charge on any atom is 0.165 e. The van der Waals surface area contributed by atoms with Gasteiger partial charge in [0, 0.05) is 27.2 Å². The van der Waals surface area contributed by atoms with Crippen molar-refractivity contribution in [2.24, 2.45) is 5.73 Å². The Hall–Kier alpha value is -1.48. The number of aliphatic hydroxyl groups is 1. The second-order valence-corrected chi connectivity index (χ2v) is 7.84. The molecule has 0 fully saturated rings. The van der Waals surface area contributed by atoms with Crippen LogP contribution in [-0.4, -0.2) is 34.6 Å². The summed E-state index contributed by atoms with van der Waals surface area (Å²) in [5.74, 6) is -0.680. The lowest BCUT2D eigenvalue weighted by molar-refractivity contribution is 0.202. The molecule has 0 saturated carbocycles. The Labute approximate surface area is 173 Å². The van der Waals surface area contributed by atoms with Gasteiger partial charge in [0.15, 0.2) is 11.6 Å². The SMILES string of the molecule is NC(CO)COc1cc(Cl)c(-c2nnc(-c3cc(Cl)cc(Cl)c3)s2)cc1F. The van der Waals surface area contributed by atoms with Gasteiger partial charge in [0.25, 0.3) is 0 Å². The van der Waals surface area contributed by atoms with Gasteiger partial charge in [-0.1, -0.05) is 46.1 Å². The highest BCUT2D eigenvalue weighted by Gasteiger charge is 2.17. The van der Waals surface area contributed by atoms with E-state index in [1.807, 2.05) is 0 Å². The molecule has 0 radical (unpaired) electrons. The van der Waals surface area contributed by atoms with Crippen LogP contribution in [0.4, 0.5) is 4.39 Å². The first-order valence-corrected chi connectivity index (χ1v) is 9.61. The van der Waals surface area contributed by atoms with Crippen LogP contribution in [0.25, 0.3) is 21.1 Å². The summed E-state index contributed by atoms with van der Waals surface area (Å²) in [5, 5.41) is 19.3. The molecule has 10 heteroatoms. The van der Waals surface area contributed by atoms with E-state index in [0.29, 0.717) is 31.2 Å². The van der Waals surface area contributed by atoms with Crippen LogP contribution in [0.2, 0.25) is 15.1 Å².